The molecule has 230 valence electrons. The quantitative estimate of drug-likeness (QED) is 0.125. The maximum atomic E-state index is 13.5. The number of amides is 4. The number of imide groups is 2. The second kappa shape index (κ2) is 14.8. The average Bonchev–Trinajstić information content (AvgIpc) is 3.00. The molecule has 4 rings (SSSR count). The van der Waals surface area contributed by atoms with E-state index in [1.54, 1.807) is 54.6 Å². The standard InChI is InChI=1S/C33H32Cl2N2O7/c1-5-7-22-13-21(16-29(42-4)30(22)44-19-23-9-10-24(34)17-26(23)35)14-25-31(38)36-33(40)37(32(25)39)18-20-8-11-27(43-12-6-2)28(15-20)41-3/h5,8-11,13-17H,1,6-7,12,18-19H2,2-4H3,(H,36,38,40)/b25-14+. The molecule has 3 aromatic rings. The Labute approximate surface area is 265 Å². The SMILES string of the molecule is C=CCc1cc(/C=C2\C(=O)NC(=O)N(Cc3ccc(OCCC)c(OC)c3)C2=O)cc(OC)c1OCc1ccc(Cl)cc1Cl. The Kier molecular flexibility index (Phi) is 10.9. The monoisotopic (exact) mass is 638 g/mol. The molecule has 1 aliphatic heterocycles. The summed E-state index contributed by atoms with van der Waals surface area (Å²) in [5, 5.41) is 3.23. The predicted octanol–water partition coefficient (Wildman–Crippen LogP) is 6.77. The molecular weight excluding hydrogens is 607 g/mol. The maximum absolute atomic E-state index is 13.5. The number of nitrogens with zero attached hydrogens (tertiary/aromatic N) is 1. The van der Waals surface area contributed by atoms with Crippen LogP contribution in [0.4, 0.5) is 4.79 Å². The lowest BCUT2D eigenvalue weighted by Crippen LogP contribution is -2.53. The third-order valence-electron chi connectivity index (χ3n) is 6.65. The van der Waals surface area contributed by atoms with E-state index in [0.717, 1.165) is 16.9 Å². The van der Waals surface area contributed by atoms with Crippen LogP contribution in [0.5, 0.6) is 23.0 Å². The van der Waals surface area contributed by atoms with Gasteiger partial charge in [-0.05, 0) is 66.4 Å². The number of rotatable bonds is 13. The van der Waals surface area contributed by atoms with E-state index in [9.17, 15) is 14.4 Å². The zero-order valence-electron chi connectivity index (χ0n) is 24.6. The Hall–Kier alpha value is -4.47. The first-order chi connectivity index (χ1) is 21.2. The normalized spacial score (nSPS) is 14.0. The molecule has 1 heterocycles. The van der Waals surface area contributed by atoms with Crippen molar-refractivity contribution in [1.82, 2.24) is 10.2 Å². The third-order valence-corrected chi connectivity index (χ3v) is 7.24. The van der Waals surface area contributed by atoms with E-state index in [2.05, 4.69) is 11.9 Å². The Bertz CT molecular complexity index is 1620. The summed E-state index contributed by atoms with van der Waals surface area (Å²) in [5.74, 6) is 0.295. The summed E-state index contributed by atoms with van der Waals surface area (Å²) in [4.78, 5) is 40.0. The van der Waals surface area contributed by atoms with Gasteiger partial charge in [0.2, 0.25) is 0 Å². The second-order valence-corrected chi connectivity index (χ2v) is 10.6. The highest BCUT2D eigenvalue weighted by Crippen LogP contribution is 2.36. The van der Waals surface area contributed by atoms with E-state index in [1.807, 2.05) is 6.92 Å². The van der Waals surface area contributed by atoms with Crippen molar-refractivity contribution in [3.05, 3.63) is 99.1 Å². The number of benzene rings is 3. The number of hydrogen-bond acceptors (Lipinski definition) is 7. The number of ether oxygens (including phenoxy) is 4. The Morgan fingerprint density at radius 3 is 2.36 bits per heavy atom. The summed E-state index contributed by atoms with van der Waals surface area (Å²) >= 11 is 12.3. The molecule has 44 heavy (non-hydrogen) atoms. The zero-order chi connectivity index (χ0) is 31.8. The number of barbiturate groups is 1. The fraction of sp³-hybridized carbons (Fsp3) is 0.242. The van der Waals surface area contributed by atoms with Crippen LogP contribution in [0.25, 0.3) is 6.08 Å². The van der Waals surface area contributed by atoms with E-state index < -0.39 is 17.8 Å². The lowest BCUT2D eigenvalue weighted by atomic mass is 10.0. The molecule has 1 fully saturated rings. The number of carbonyl (C=O) groups excluding carboxylic acids is 3. The van der Waals surface area contributed by atoms with Gasteiger partial charge < -0.3 is 18.9 Å². The summed E-state index contributed by atoms with van der Waals surface area (Å²) < 4.78 is 22.8. The first-order valence-corrected chi connectivity index (χ1v) is 14.5. The largest absolute Gasteiger partial charge is 0.493 e. The van der Waals surface area contributed by atoms with Gasteiger partial charge in [-0.15, -0.1) is 6.58 Å². The van der Waals surface area contributed by atoms with Gasteiger partial charge >= 0.3 is 6.03 Å². The van der Waals surface area contributed by atoms with Gasteiger partial charge in [0.15, 0.2) is 23.0 Å². The molecule has 3 aromatic carbocycles. The number of halogens is 2. The molecule has 1 N–H and O–H groups in total. The molecule has 9 nitrogen and oxygen atoms in total. The van der Waals surface area contributed by atoms with Crippen LogP contribution in [0.2, 0.25) is 10.0 Å². The van der Waals surface area contributed by atoms with Gasteiger partial charge in [0.25, 0.3) is 11.8 Å². The highest BCUT2D eigenvalue weighted by Gasteiger charge is 2.36. The lowest BCUT2D eigenvalue weighted by molar-refractivity contribution is -0.130. The van der Waals surface area contributed by atoms with Crippen molar-refractivity contribution >= 4 is 47.1 Å². The van der Waals surface area contributed by atoms with Crippen molar-refractivity contribution in [3.8, 4) is 23.0 Å². The maximum Gasteiger partial charge on any atom is 0.331 e. The number of allylic oxidation sites excluding steroid dienone is 1. The predicted molar refractivity (Wildman–Crippen MR) is 169 cm³/mol. The molecule has 0 radical (unpaired) electrons. The molecule has 1 aliphatic rings. The minimum atomic E-state index is -0.822. The van der Waals surface area contributed by atoms with E-state index in [-0.39, 0.29) is 18.7 Å². The second-order valence-electron chi connectivity index (χ2n) is 9.77. The molecule has 0 bridgehead atoms. The van der Waals surface area contributed by atoms with Crippen LogP contribution in [0.15, 0.2) is 66.8 Å². The van der Waals surface area contributed by atoms with Crippen LogP contribution >= 0.6 is 23.2 Å². The summed E-state index contributed by atoms with van der Waals surface area (Å²) in [6.07, 6.45) is 4.33. The van der Waals surface area contributed by atoms with E-state index in [1.165, 1.54) is 20.3 Å². The first kappa shape index (κ1) is 32.4. The highest BCUT2D eigenvalue weighted by molar-refractivity contribution is 6.35. The average molecular weight is 640 g/mol. The van der Waals surface area contributed by atoms with E-state index in [4.69, 9.17) is 42.1 Å². The van der Waals surface area contributed by atoms with Crippen molar-refractivity contribution < 1.29 is 33.3 Å². The molecule has 4 amide bonds. The summed E-state index contributed by atoms with van der Waals surface area (Å²) in [6.45, 7) is 6.39. The van der Waals surface area contributed by atoms with Crippen LogP contribution in [0.1, 0.15) is 35.6 Å². The molecule has 0 spiro atoms. The van der Waals surface area contributed by atoms with E-state index >= 15 is 0 Å². The van der Waals surface area contributed by atoms with Crippen molar-refractivity contribution in [2.75, 3.05) is 20.8 Å². The number of nitrogens with one attached hydrogen (secondary N) is 1. The molecule has 11 heteroatoms. The Morgan fingerprint density at radius 1 is 0.909 bits per heavy atom. The number of urea groups is 1. The molecule has 1 saturated heterocycles. The summed E-state index contributed by atoms with van der Waals surface area (Å²) in [7, 11) is 2.99. The molecule has 0 unspecified atom stereocenters. The van der Waals surface area contributed by atoms with Crippen LogP contribution in [0, 0.1) is 0 Å². The molecule has 0 atom stereocenters. The van der Waals surface area contributed by atoms with Crippen molar-refractivity contribution in [3.63, 3.8) is 0 Å². The first-order valence-electron chi connectivity index (χ1n) is 13.8. The van der Waals surface area contributed by atoms with Crippen LogP contribution < -0.4 is 24.3 Å². The minimum Gasteiger partial charge on any atom is -0.493 e. The van der Waals surface area contributed by atoms with Gasteiger partial charge in [0.1, 0.15) is 12.2 Å². The van der Waals surface area contributed by atoms with Crippen LogP contribution in [-0.4, -0.2) is 43.6 Å². The topological polar surface area (TPSA) is 103 Å². The van der Waals surface area contributed by atoms with Crippen LogP contribution in [0.3, 0.4) is 0 Å². The summed E-state index contributed by atoms with van der Waals surface area (Å²) in [6, 6.07) is 12.8. The fourth-order valence-corrected chi connectivity index (χ4v) is 4.97. The van der Waals surface area contributed by atoms with Crippen molar-refractivity contribution in [2.24, 2.45) is 0 Å². The van der Waals surface area contributed by atoms with Gasteiger partial charge in [0.05, 0.1) is 27.4 Å². The molecule has 0 aliphatic carbocycles. The third kappa shape index (κ3) is 7.53. The van der Waals surface area contributed by atoms with Crippen molar-refractivity contribution in [1.29, 1.82) is 0 Å². The van der Waals surface area contributed by atoms with Gasteiger partial charge in [0, 0.05) is 21.2 Å². The number of hydrogen-bond donors (Lipinski definition) is 1. The molecule has 0 aromatic heterocycles. The molecular formula is C33H32Cl2N2O7. The van der Waals surface area contributed by atoms with Crippen molar-refractivity contribution in [2.45, 2.75) is 32.9 Å². The Morgan fingerprint density at radius 2 is 1.68 bits per heavy atom. The zero-order valence-corrected chi connectivity index (χ0v) is 26.1. The number of carbonyl (C=O) groups is 3. The molecule has 0 saturated carbocycles. The summed E-state index contributed by atoms with van der Waals surface area (Å²) in [5.41, 5.74) is 2.31. The van der Waals surface area contributed by atoms with Gasteiger partial charge in [-0.25, -0.2) is 4.79 Å². The van der Waals surface area contributed by atoms with Gasteiger partial charge in [-0.1, -0.05) is 48.3 Å². The Balaban J connectivity index is 1.62. The number of methoxy groups -OCH3 is 2. The lowest BCUT2D eigenvalue weighted by Gasteiger charge is -2.26. The van der Waals surface area contributed by atoms with Gasteiger partial charge in [-0.3, -0.25) is 19.8 Å². The van der Waals surface area contributed by atoms with E-state index in [0.29, 0.717) is 62.8 Å². The highest BCUT2D eigenvalue weighted by atomic mass is 35.5. The fourth-order valence-electron chi connectivity index (χ4n) is 4.51. The minimum absolute atomic E-state index is 0.0925. The van der Waals surface area contributed by atoms with Gasteiger partial charge in [-0.2, -0.15) is 0 Å². The smallest absolute Gasteiger partial charge is 0.331 e. The van der Waals surface area contributed by atoms with Crippen LogP contribution in [-0.2, 0) is 29.2 Å².